The van der Waals surface area contributed by atoms with Gasteiger partial charge in [0.1, 0.15) is 0 Å². The Balaban J connectivity index is 2.81. The van der Waals surface area contributed by atoms with Crippen molar-refractivity contribution in [3.8, 4) is 0 Å². The van der Waals surface area contributed by atoms with Crippen LogP contribution in [0.15, 0.2) is 24.3 Å². The molecule has 0 fully saturated rings. The van der Waals surface area contributed by atoms with Crippen LogP contribution in [0.4, 0.5) is 0 Å². The highest BCUT2D eigenvalue weighted by molar-refractivity contribution is 5.67. The van der Waals surface area contributed by atoms with Crippen LogP contribution in [0.2, 0.25) is 0 Å². The number of rotatable bonds is 9. The number of carbonyl (C=O) groups is 1. The molecule has 0 radical (unpaired) electrons. The van der Waals surface area contributed by atoms with E-state index in [2.05, 4.69) is 38.1 Å². The molecule has 4 heteroatoms. The Labute approximate surface area is 127 Å². The average Bonchev–Trinajstić information content (AvgIpc) is 2.44. The van der Waals surface area contributed by atoms with Gasteiger partial charge in [0.2, 0.25) is 0 Å². The molecular formula is C17H27NO3. The van der Waals surface area contributed by atoms with Gasteiger partial charge in [0.15, 0.2) is 0 Å². The third kappa shape index (κ3) is 5.86. The largest absolute Gasteiger partial charge is 0.481 e. The lowest BCUT2D eigenvalue weighted by Gasteiger charge is -2.29. The molecule has 0 bridgehead atoms. The smallest absolute Gasteiger partial charge is 0.304 e. The molecule has 1 unspecified atom stereocenters. The Morgan fingerprint density at radius 3 is 2.29 bits per heavy atom. The van der Waals surface area contributed by atoms with Gasteiger partial charge in [-0.3, -0.25) is 9.69 Å². The van der Waals surface area contributed by atoms with Crippen molar-refractivity contribution >= 4 is 5.97 Å². The zero-order valence-electron chi connectivity index (χ0n) is 13.2. The van der Waals surface area contributed by atoms with Crippen LogP contribution in [0.5, 0.6) is 0 Å². The highest BCUT2D eigenvalue weighted by atomic mass is 16.4. The second-order valence-corrected chi connectivity index (χ2v) is 5.70. The number of aliphatic hydroxyl groups excluding tert-OH is 1. The molecule has 1 aromatic carbocycles. The predicted molar refractivity (Wildman–Crippen MR) is 84.6 cm³/mol. The Morgan fingerprint density at radius 1 is 1.24 bits per heavy atom. The Hall–Kier alpha value is -1.39. The SMILES string of the molecule is CCN(CCO)C(CC(=O)O)Cc1ccc(C(C)C)cc1. The molecule has 4 nitrogen and oxygen atoms in total. The van der Waals surface area contributed by atoms with E-state index >= 15 is 0 Å². The average molecular weight is 293 g/mol. The van der Waals surface area contributed by atoms with E-state index in [1.165, 1.54) is 5.56 Å². The van der Waals surface area contributed by atoms with Crippen molar-refractivity contribution in [1.82, 2.24) is 4.90 Å². The van der Waals surface area contributed by atoms with Gasteiger partial charge in [0, 0.05) is 12.6 Å². The molecule has 0 saturated heterocycles. The first-order chi connectivity index (χ1) is 9.97. The molecule has 0 saturated carbocycles. The molecular weight excluding hydrogens is 266 g/mol. The summed E-state index contributed by atoms with van der Waals surface area (Å²) in [7, 11) is 0. The Bertz CT molecular complexity index is 428. The monoisotopic (exact) mass is 293 g/mol. The summed E-state index contributed by atoms with van der Waals surface area (Å²) in [5, 5.41) is 18.2. The van der Waals surface area contributed by atoms with E-state index < -0.39 is 5.97 Å². The normalized spacial score (nSPS) is 12.9. The number of hydrogen-bond acceptors (Lipinski definition) is 3. The molecule has 0 spiro atoms. The summed E-state index contributed by atoms with van der Waals surface area (Å²) in [5.41, 5.74) is 2.43. The summed E-state index contributed by atoms with van der Waals surface area (Å²) in [6.07, 6.45) is 0.790. The van der Waals surface area contributed by atoms with Crippen LogP contribution in [0.1, 0.15) is 44.2 Å². The van der Waals surface area contributed by atoms with E-state index in [1.54, 1.807) is 0 Å². The van der Waals surface area contributed by atoms with Crippen LogP contribution in [-0.4, -0.2) is 46.8 Å². The summed E-state index contributed by atoms with van der Waals surface area (Å²) in [6, 6.07) is 8.30. The fourth-order valence-corrected chi connectivity index (χ4v) is 2.57. The molecule has 0 aliphatic rings. The van der Waals surface area contributed by atoms with Crippen LogP contribution in [0.3, 0.4) is 0 Å². The van der Waals surface area contributed by atoms with Crippen molar-refractivity contribution in [2.24, 2.45) is 0 Å². The maximum absolute atomic E-state index is 11.1. The minimum absolute atomic E-state index is 0.0518. The summed E-state index contributed by atoms with van der Waals surface area (Å²) in [4.78, 5) is 13.1. The lowest BCUT2D eigenvalue weighted by atomic mass is 9.97. The van der Waals surface area contributed by atoms with E-state index in [0.29, 0.717) is 18.9 Å². The summed E-state index contributed by atoms with van der Waals surface area (Å²) in [5.74, 6) is -0.300. The number of hydrogen-bond donors (Lipinski definition) is 2. The zero-order valence-corrected chi connectivity index (χ0v) is 13.2. The molecule has 1 atom stereocenters. The van der Waals surface area contributed by atoms with Gasteiger partial charge in [0.25, 0.3) is 0 Å². The Morgan fingerprint density at radius 2 is 1.86 bits per heavy atom. The van der Waals surface area contributed by atoms with Crippen molar-refractivity contribution in [2.75, 3.05) is 19.7 Å². The van der Waals surface area contributed by atoms with Gasteiger partial charge in [0.05, 0.1) is 13.0 Å². The number of aliphatic hydroxyl groups is 1. The number of likely N-dealkylation sites (N-methyl/N-ethyl adjacent to an activating group) is 1. The third-order valence-electron chi connectivity index (χ3n) is 3.84. The lowest BCUT2D eigenvalue weighted by Crippen LogP contribution is -2.40. The minimum Gasteiger partial charge on any atom is -0.481 e. The van der Waals surface area contributed by atoms with Crippen molar-refractivity contribution in [2.45, 2.75) is 45.6 Å². The molecule has 0 aromatic heterocycles. The van der Waals surface area contributed by atoms with Crippen LogP contribution >= 0.6 is 0 Å². The van der Waals surface area contributed by atoms with Gasteiger partial charge >= 0.3 is 5.97 Å². The summed E-state index contributed by atoms with van der Waals surface area (Å²) >= 11 is 0. The third-order valence-corrected chi connectivity index (χ3v) is 3.84. The highest BCUT2D eigenvalue weighted by Gasteiger charge is 2.20. The first-order valence-electron chi connectivity index (χ1n) is 7.63. The van der Waals surface area contributed by atoms with Gasteiger partial charge in [-0.25, -0.2) is 0 Å². The van der Waals surface area contributed by atoms with E-state index in [0.717, 1.165) is 12.1 Å². The number of aliphatic carboxylic acids is 1. The molecule has 1 rings (SSSR count). The number of nitrogens with zero attached hydrogens (tertiary/aromatic N) is 1. The van der Waals surface area contributed by atoms with E-state index in [9.17, 15) is 4.79 Å². The van der Waals surface area contributed by atoms with Crippen LogP contribution in [0.25, 0.3) is 0 Å². The Kier molecular flexibility index (Phi) is 7.40. The fraction of sp³-hybridized carbons (Fsp3) is 0.588. The van der Waals surface area contributed by atoms with Crippen molar-refractivity contribution in [3.63, 3.8) is 0 Å². The van der Waals surface area contributed by atoms with Gasteiger partial charge in [-0.2, -0.15) is 0 Å². The number of benzene rings is 1. The van der Waals surface area contributed by atoms with Crippen LogP contribution in [-0.2, 0) is 11.2 Å². The summed E-state index contributed by atoms with van der Waals surface area (Å²) < 4.78 is 0. The first-order valence-corrected chi connectivity index (χ1v) is 7.63. The summed E-state index contributed by atoms with van der Waals surface area (Å²) in [6.45, 7) is 7.61. The lowest BCUT2D eigenvalue weighted by molar-refractivity contribution is -0.138. The zero-order chi connectivity index (χ0) is 15.8. The maximum Gasteiger partial charge on any atom is 0.304 e. The quantitative estimate of drug-likeness (QED) is 0.734. The minimum atomic E-state index is -0.796. The standard InChI is InChI=1S/C17H27NO3/c1-4-18(9-10-19)16(12-17(20)21)11-14-5-7-15(8-6-14)13(2)3/h5-8,13,16,19H,4,9-12H2,1-3H3,(H,20,21). The second kappa shape index (κ2) is 8.80. The topological polar surface area (TPSA) is 60.8 Å². The van der Waals surface area contributed by atoms with E-state index in [4.69, 9.17) is 10.2 Å². The molecule has 0 amide bonds. The van der Waals surface area contributed by atoms with E-state index in [-0.39, 0.29) is 19.1 Å². The molecule has 0 aliphatic heterocycles. The van der Waals surface area contributed by atoms with Gasteiger partial charge in [-0.05, 0) is 30.0 Å². The van der Waals surface area contributed by atoms with Crippen molar-refractivity contribution < 1.29 is 15.0 Å². The van der Waals surface area contributed by atoms with Crippen molar-refractivity contribution in [3.05, 3.63) is 35.4 Å². The highest BCUT2D eigenvalue weighted by Crippen LogP contribution is 2.17. The fourth-order valence-electron chi connectivity index (χ4n) is 2.57. The molecule has 21 heavy (non-hydrogen) atoms. The second-order valence-electron chi connectivity index (χ2n) is 5.70. The molecule has 2 N–H and O–H groups in total. The molecule has 118 valence electrons. The molecule has 1 aromatic rings. The van der Waals surface area contributed by atoms with E-state index in [1.807, 2.05) is 11.8 Å². The first kappa shape index (κ1) is 17.7. The maximum atomic E-state index is 11.1. The van der Waals surface area contributed by atoms with Gasteiger partial charge in [-0.1, -0.05) is 45.0 Å². The molecule has 0 heterocycles. The van der Waals surface area contributed by atoms with Gasteiger partial charge < -0.3 is 10.2 Å². The van der Waals surface area contributed by atoms with Crippen molar-refractivity contribution in [1.29, 1.82) is 0 Å². The number of carboxylic acids is 1. The predicted octanol–water partition coefficient (Wildman–Crippen LogP) is 2.51. The van der Waals surface area contributed by atoms with Crippen LogP contribution < -0.4 is 0 Å². The number of carboxylic acid groups (broad SMARTS) is 1. The molecule has 0 aliphatic carbocycles. The van der Waals surface area contributed by atoms with Gasteiger partial charge in [-0.15, -0.1) is 0 Å². The van der Waals surface area contributed by atoms with Crippen LogP contribution in [0, 0.1) is 0 Å².